The Hall–Kier alpha value is -5.11. The molecule has 0 radical (unpaired) electrons. The number of nitrogens with two attached hydrogens (primary N) is 1. The van der Waals surface area contributed by atoms with Gasteiger partial charge in [0.05, 0.1) is 30.1 Å². The first-order valence-electron chi connectivity index (χ1n) is 12.0. The third-order valence-corrected chi connectivity index (χ3v) is 5.49. The summed E-state index contributed by atoms with van der Waals surface area (Å²) >= 11 is 0. The van der Waals surface area contributed by atoms with E-state index < -0.39 is 25.9 Å². The van der Waals surface area contributed by atoms with Gasteiger partial charge in [-0.1, -0.05) is 0 Å². The topological polar surface area (TPSA) is 261 Å². The molecule has 0 amide bonds. The van der Waals surface area contributed by atoms with Gasteiger partial charge in [-0.2, -0.15) is 0 Å². The second-order valence-corrected chi connectivity index (χ2v) is 9.32. The molecule has 43 heavy (non-hydrogen) atoms. The van der Waals surface area contributed by atoms with Gasteiger partial charge in [-0.3, -0.25) is 29.4 Å². The number of nitrogens with zero attached hydrogens (tertiary/aromatic N) is 5. The average molecular weight is 626 g/mol. The minimum Gasteiger partial charge on any atom is -0.726 e. The highest BCUT2D eigenvalue weighted by Crippen LogP contribution is 2.30. The van der Waals surface area contributed by atoms with Crippen molar-refractivity contribution in [2.75, 3.05) is 26.1 Å². The van der Waals surface area contributed by atoms with Crippen LogP contribution in [0.15, 0.2) is 79.9 Å². The van der Waals surface area contributed by atoms with Crippen molar-refractivity contribution in [3.8, 4) is 11.5 Å². The number of anilines is 1. The van der Waals surface area contributed by atoms with E-state index in [9.17, 15) is 33.2 Å². The lowest BCUT2D eigenvalue weighted by atomic mass is 10.2. The van der Waals surface area contributed by atoms with Crippen molar-refractivity contribution in [2.24, 2.45) is 7.05 Å². The highest BCUT2D eigenvalue weighted by atomic mass is 32.3. The molecule has 0 aliphatic heterocycles. The summed E-state index contributed by atoms with van der Waals surface area (Å²) in [7, 11) is -1.61. The molecule has 0 saturated heterocycles. The van der Waals surface area contributed by atoms with Gasteiger partial charge < -0.3 is 25.9 Å². The fourth-order valence-electron chi connectivity index (χ4n) is 3.07. The molecule has 4 rings (SSSR count). The van der Waals surface area contributed by atoms with Gasteiger partial charge >= 0.3 is 5.69 Å². The average Bonchev–Trinajstić information content (AvgIpc) is 3.62. The molecule has 18 nitrogen and oxygen atoms in total. The summed E-state index contributed by atoms with van der Waals surface area (Å²) in [6.07, 6.45) is 11.3. The predicted octanol–water partition coefficient (Wildman–Crippen LogP) is 1.43. The van der Waals surface area contributed by atoms with Crippen molar-refractivity contribution in [3.63, 3.8) is 0 Å². The Bertz CT molecular complexity index is 1530. The van der Waals surface area contributed by atoms with Crippen LogP contribution in [0.4, 0.5) is 17.1 Å². The van der Waals surface area contributed by atoms with Crippen LogP contribution in [0.3, 0.4) is 0 Å². The minimum atomic E-state index is -4.41. The summed E-state index contributed by atoms with van der Waals surface area (Å²) < 4.78 is 47.8. The molecule has 19 heteroatoms. The molecule has 0 saturated carbocycles. The van der Waals surface area contributed by atoms with Crippen LogP contribution < -0.4 is 30.5 Å². The van der Waals surface area contributed by atoms with Crippen LogP contribution in [0.5, 0.6) is 11.5 Å². The molecule has 4 aromatic rings. The van der Waals surface area contributed by atoms with Gasteiger partial charge in [-0.25, -0.2) is 22.1 Å². The number of aromatic nitrogens is 4. The number of nitro benzene ring substituents is 2. The number of aryl methyl sites for hydroxylation is 1. The number of nitrogen functional groups attached to an aromatic ring is 1. The van der Waals surface area contributed by atoms with Gasteiger partial charge in [0.1, 0.15) is 56.8 Å². The van der Waals surface area contributed by atoms with Crippen molar-refractivity contribution in [1.82, 2.24) is 15.7 Å². The molecule has 0 aliphatic rings. The molecule has 0 aliphatic carbocycles. The fraction of sp³-hybridized carbons (Fsp3) is 0.250. The number of imidazole rings is 2. The van der Waals surface area contributed by atoms with Crippen LogP contribution in [-0.4, -0.2) is 52.7 Å². The molecule has 2 aromatic heterocycles. The quantitative estimate of drug-likeness (QED) is 0.0534. The Morgan fingerprint density at radius 1 is 1.02 bits per heavy atom. The van der Waals surface area contributed by atoms with Crippen molar-refractivity contribution >= 4 is 27.5 Å². The van der Waals surface area contributed by atoms with Gasteiger partial charge in [-0.15, -0.1) is 0 Å². The third kappa shape index (κ3) is 13.9. The van der Waals surface area contributed by atoms with Crippen molar-refractivity contribution in [2.45, 2.75) is 13.1 Å². The summed E-state index contributed by atoms with van der Waals surface area (Å²) in [5.41, 5.74) is 5.58. The highest BCUT2D eigenvalue weighted by molar-refractivity contribution is 7.80. The summed E-state index contributed by atoms with van der Waals surface area (Å²) in [6.45, 7) is 2.20. The molecule has 0 bridgehead atoms. The summed E-state index contributed by atoms with van der Waals surface area (Å²) in [4.78, 5) is 22.9. The predicted molar refractivity (Wildman–Crippen MR) is 150 cm³/mol. The van der Waals surface area contributed by atoms with E-state index in [0.29, 0.717) is 13.2 Å². The number of nitro groups is 2. The van der Waals surface area contributed by atoms with Crippen LogP contribution in [-0.2, 0) is 34.7 Å². The van der Waals surface area contributed by atoms with E-state index in [1.807, 2.05) is 54.6 Å². The second-order valence-electron chi connectivity index (χ2n) is 8.17. The SMILES string of the molecule is COS(=O)(=O)[O-].C[n+]1ccn(CCOc2ccc(N)cc2)c1.N.O=[N+]([O-])c1ccc(OCC[n+]2cc[nH]c2)c([N+](=O)[O-])c1. The maximum absolute atomic E-state index is 10.9. The zero-order valence-electron chi connectivity index (χ0n) is 23.3. The molecule has 6 N–H and O–H groups in total. The molecule has 0 atom stereocenters. The Morgan fingerprint density at radius 3 is 2.21 bits per heavy atom. The van der Waals surface area contributed by atoms with E-state index in [2.05, 4.69) is 13.7 Å². The normalized spacial score (nSPS) is 10.2. The summed E-state index contributed by atoms with van der Waals surface area (Å²) in [5, 5.41) is 21.5. The third-order valence-electron chi connectivity index (χ3n) is 5.09. The zero-order chi connectivity index (χ0) is 31.1. The fourth-order valence-corrected chi connectivity index (χ4v) is 3.07. The Labute approximate surface area is 246 Å². The number of hydrogen-bond donors (Lipinski definition) is 3. The van der Waals surface area contributed by atoms with Crippen molar-refractivity contribution < 1.29 is 45.6 Å². The molecule has 2 heterocycles. The van der Waals surface area contributed by atoms with Gasteiger partial charge in [0.15, 0.2) is 5.75 Å². The Balaban J connectivity index is 0.000000361. The molecule has 234 valence electrons. The van der Waals surface area contributed by atoms with E-state index in [0.717, 1.165) is 31.2 Å². The number of non-ortho nitro benzene ring substituents is 1. The van der Waals surface area contributed by atoms with Gasteiger partial charge in [0, 0.05) is 11.8 Å². The number of ether oxygens (including phenoxy) is 2. The van der Waals surface area contributed by atoms with Crippen LogP contribution in [0.25, 0.3) is 0 Å². The molecule has 0 fully saturated rings. The molecule has 0 spiro atoms. The van der Waals surface area contributed by atoms with Gasteiger partial charge in [0.25, 0.3) is 5.69 Å². The number of nitrogens with one attached hydrogen (secondary N) is 1. The van der Waals surface area contributed by atoms with Crippen LogP contribution in [0, 0.1) is 20.2 Å². The van der Waals surface area contributed by atoms with E-state index in [4.69, 9.17) is 15.2 Å². The zero-order valence-corrected chi connectivity index (χ0v) is 24.2. The first kappa shape index (κ1) is 35.9. The minimum absolute atomic E-state index is 0. The first-order chi connectivity index (χ1) is 19.9. The van der Waals surface area contributed by atoms with Gasteiger partial charge in [0.2, 0.25) is 23.1 Å². The standard InChI is InChI=1S/C12H16N3O.C11H10N4O5.CH4O4S.H3N/c1-14-6-7-15(10-14)8-9-16-12-4-2-11(13)3-5-12;16-14(17)9-1-2-11(10(7-9)15(18)19)20-6-5-13-4-3-12-8-13;1-5-6(2,3)4;/h2-7,10H,8-9,13H2,1H3;1-4,7-8H,5-6H2;1H3,(H,2,3,4);1H3/q+1;;;. The Morgan fingerprint density at radius 2 is 1.70 bits per heavy atom. The maximum Gasteiger partial charge on any atom is 0.317 e. The lowest BCUT2D eigenvalue weighted by Gasteiger charge is -2.05. The molecular weight excluding hydrogens is 592 g/mol. The molecular formula is C24H33N8O10S+. The van der Waals surface area contributed by atoms with Crippen molar-refractivity contribution in [3.05, 3.63) is 100 Å². The lowest BCUT2D eigenvalue weighted by molar-refractivity contribution is -0.696. The Kier molecular flexibility index (Phi) is 14.7. The number of H-pyrrole nitrogens is 1. The largest absolute Gasteiger partial charge is 0.726 e. The van der Waals surface area contributed by atoms with Gasteiger partial charge in [-0.05, 0) is 30.3 Å². The number of hydrogen-bond acceptors (Lipinski definition) is 12. The van der Waals surface area contributed by atoms with Crippen molar-refractivity contribution in [1.29, 1.82) is 0 Å². The van der Waals surface area contributed by atoms with Crippen LogP contribution >= 0.6 is 0 Å². The van der Waals surface area contributed by atoms with Crippen LogP contribution in [0.2, 0.25) is 0 Å². The van der Waals surface area contributed by atoms with E-state index >= 15 is 0 Å². The summed E-state index contributed by atoms with van der Waals surface area (Å²) in [5.74, 6) is 0.863. The lowest BCUT2D eigenvalue weighted by Crippen LogP contribution is -2.33. The van der Waals surface area contributed by atoms with E-state index in [1.54, 1.807) is 23.3 Å². The summed E-state index contributed by atoms with van der Waals surface area (Å²) in [6, 6.07) is 10.7. The second kappa shape index (κ2) is 17.6. The smallest absolute Gasteiger partial charge is 0.317 e. The number of rotatable bonds is 11. The monoisotopic (exact) mass is 625 g/mol. The first-order valence-corrected chi connectivity index (χ1v) is 13.3. The molecule has 0 unspecified atom stereocenters. The van der Waals surface area contributed by atoms with E-state index in [-0.39, 0.29) is 24.2 Å². The van der Waals surface area contributed by atoms with Crippen LogP contribution in [0.1, 0.15) is 0 Å². The number of aromatic amines is 1. The number of benzene rings is 2. The molecule has 2 aromatic carbocycles. The highest BCUT2D eigenvalue weighted by Gasteiger charge is 2.20. The van der Waals surface area contributed by atoms with E-state index in [1.165, 1.54) is 12.1 Å². The maximum atomic E-state index is 10.9.